The number of aliphatic carboxylic acids is 1. The Bertz CT molecular complexity index is 1490. The number of fused-ring (bicyclic) bond motifs is 3. The lowest BCUT2D eigenvalue weighted by Gasteiger charge is -2.29. The maximum atomic E-state index is 13.6. The van der Waals surface area contributed by atoms with Gasteiger partial charge in [0.05, 0.1) is 0 Å². The molecule has 2 atom stereocenters. The molecule has 0 fully saturated rings. The monoisotopic (exact) mass is 629 g/mol. The van der Waals surface area contributed by atoms with Gasteiger partial charge in [0.1, 0.15) is 23.8 Å². The zero-order valence-corrected chi connectivity index (χ0v) is 26.8. The number of amides is 3. The van der Waals surface area contributed by atoms with Crippen molar-refractivity contribution in [2.75, 3.05) is 13.2 Å². The lowest BCUT2D eigenvalue weighted by molar-refractivity contribution is -0.147. The number of carbonyl (C=O) groups excluding carboxylic acids is 3. The minimum atomic E-state index is -1.63. The Labute approximate surface area is 269 Å². The van der Waals surface area contributed by atoms with Crippen LogP contribution >= 0.6 is 0 Å². The van der Waals surface area contributed by atoms with Crippen LogP contribution < -0.4 is 16.0 Å². The molecule has 10 heteroatoms. The molecule has 0 bridgehead atoms. The van der Waals surface area contributed by atoms with E-state index >= 15 is 0 Å². The minimum absolute atomic E-state index is 0.0480. The van der Waals surface area contributed by atoms with Gasteiger partial charge in [-0.15, -0.1) is 0 Å². The normalized spacial score (nSPS) is 14.2. The standard InChI is InChI=1S/C36H43N3O7/c1-35(2,3)46-33(43)37-21-13-12-20-30(31(40)39-36(4,32(41)42)22-24-14-6-5-7-15-24)38-34(44)45-23-29-27-18-10-8-16-25(27)26-17-9-11-19-28(26)29/h5-11,14-19,29-30H,12-13,20-23H2,1-4H3,(H,37,43)(H,38,44)(H,39,40)(H,41,42)/t30-,36-/m0/s1. The fourth-order valence-corrected chi connectivity index (χ4v) is 5.57. The first-order valence-corrected chi connectivity index (χ1v) is 15.5. The summed E-state index contributed by atoms with van der Waals surface area (Å²) < 4.78 is 10.9. The molecule has 1 aliphatic carbocycles. The van der Waals surface area contributed by atoms with Crippen LogP contribution in [0.5, 0.6) is 0 Å². The Morgan fingerprint density at radius 1 is 0.804 bits per heavy atom. The van der Waals surface area contributed by atoms with Crippen LogP contribution in [0.1, 0.15) is 69.6 Å². The van der Waals surface area contributed by atoms with Crippen molar-refractivity contribution in [2.24, 2.45) is 0 Å². The summed E-state index contributed by atoms with van der Waals surface area (Å²) in [7, 11) is 0. The second-order valence-corrected chi connectivity index (χ2v) is 12.7. The maximum absolute atomic E-state index is 13.6. The summed E-state index contributed by atoms with van der Waals surface area (Å²) in [6.07, 6.45) is -0.152. The van der Waals surface area contributed by atoms with Crippen molar-refractivity contribution in [1.29, 1.82) is 0 Å². The second-order valence-electron chi connectivity index (χ2n) is 12.7. The molecule has 0 heterocycles. The first kappa shape index (κ1) is 34.0. The van der Waals surface area contributed by atoms with Gasteiger partial charge in [0.25, 0.3) is 0 Å². The van der Waals surface area contributed by atoms with Crippen LogP contribution in [0, 0.1) is 0 Å². The molecule has 46 heavy (non-hydrogen) atoms. The molecule has 0 aliphatic heterocycles. The summed E-state index contributed by atoms with van der Waals surface area (Å²) in [5.41, 5.74) is 2.78. The lowest BCUT2D eigenvalue weighted by Crippen LogP contribution is -2.59. The molecule has 0 aromatic heterocycles. The van der Waals surface area contributed by atoms with Crippen molar-refractivity contribution in [3.8, 4) is 11.1 Å². The summed E-state index contributed by atoms with van der Waals surface area (Å²) in [5, 5.41) is 18.1. The number of carboxylic acid groups (broad SMARTS) is 1. The summed E-state index contributed by atoms with van der Waals surface area (Å²) in [6.45, 7) is 7.12. The zero-order chi connectivity index (χ0) is 33.3. The van der Waals surface area contributed by atoms with E-state index in [1.54, 1.807) is 45.0 Å². The SMILES string of the molecule is CC(C)(C)OC(=O)NCCCC[C@H](NC(=O)OCC1c2ccccc2-c2ccccc21)C(=O)N[C@@](C)(Cc1ccccc1)C(=O)O. The molecule has 1 aliphatic rings. The molecule has 0 saturated carbocycles. The van der Waals surface area contributed by atoms with Gasteiger partial charge in [0.2, 0.25) is 5.91 Å². The van der Waals surface area contributed by atoms with Crippen LogP contribution in [0.4, 0.5) is 9.59 Å². The highest BCUT2D eigenvalue weighted by molar-refractivity contribution is 5.91. The average molecular weight is 630 g/mol. The largest absolute Gasteiger partial charge is 0.480 e. The third-order valence-electron chi connectivity index (χ3n) is 7.81. The van der Waals surface area contributed by atoms with Gasteiger partial charge in [-0.25, -0.2) is 14.4 Å². The molecule has 244 valence electrons. The van der Waals surface area contributed by atoms with Crippen LogP contribution in [-0.4, -0.2) is 59.5 Å². The first-order valence-electron chi connectivity index (χ1n) is 15.5. The van der Waals surface area contributed by atoms with Gasteiger partial charge < -0.3 is 30.5 Å². The highest BCUT2D eigenvalue weighted by Gasteiger charge is 2.37. The molecular formula is C36H43N3O7. The molecule has 3 aromatic carbocycles. The number of nitrogens with one attached hydrogen (secondary N) is 3. The number of hydrogen-bond donors (Lipinski definition) is 4. The molecule has 3 aromatic rings. The van der Waals surface area contributed by atoms with Crippen molar-refractivity contribution in [2.45, 2.75) is 76.5 Å². The third kappa shape index (κ3) is 9.09. The van der Waals surface area contributed by atoms with E-state index in [0.717, 1.165) is 27.8 Å². The highest BCUT2D eigenvalue weighted by atomic mass is 16.6. The lowest BCUT2D eigenvalue weighted by atomic mass is 9.92. The van der Waals surface area contributed by atoms with E-state index in [-0.39, 0.29) is 25.4 Å². The van der Waals surface area contributed by atoms with Crippen LogP contribution in [0.3, 0.4) is 0 Å². The summed E-state index contributed by atoms with van der Waals surface area (Å²) in [6, 6.07) is 23.9. The smallest absolute Gasteiger partial charge is 0.407 e. The van der Waals surface area contributed by atoms with Gasteiger partial charge in [-0.05, 0) is 74.8 Å². The van der Waals surface area contributed by atoms with Crippen LogP contribution in [0.2, 0.25) is 0 Å². The van der Waals surface area contributed by atoms with E-state index < -0.39 is 41.2 Å². The predicted octanol–water partition coefficient (Wildman–Crippen LogP) is 5.79. The van der Waals surface area contributed by atoms with Gasteiger partial charge in [-0.2, -0.15) is 0 Å². The Morgan fingerprint density at radius 3 is 1.98 bits per heavy atom. The predicted molar refractivity (Wildman–Crippen MR) is 174 cm³/mol. The molecule has 3 amide bonds. The fourth-order valence-electron chi connectivity index (χ4n) is 5.57. The Morgan fingerprint density at radius 2 is 1.39 bits per heavy atom. The molecule has 0 spiro atoms. The summed E-state index contributed by atoms with van der Waals surface area (Å²) in [5.74, 6) is -2.01. The van der Waals surface area contributed by atoms with E-state index in [0.29, 0.717) is 19.4 Å². The number of benzene rings is 3. The molecule has 0 unspecified atom stereocenters. The van der Waals surface area contributed by atoms with E-state index in [1.807, 2.05) is 54.6 Å². The van der Waals surface area contributed by atoms with Gasteiger partial charge in [0.15, 0.2) is 0 Å². The molecule has 10 nitrogen and oxygen atoms in total. The zero-order valence-electron chi connectivity index (χ0n) is 26.8. The average Bonchev–Trinajstić information content (AvgIpc) is 3.32. The van der Waals surface area contributed by atoms with Crippen molar-refractivity contribution in [3.63, 3.8) is 0 Å². The summed E-state index contributed by atoms with van der Waals surface area (Å²) >= 11 is 0. The maximum Gasteiger partial charge on any atom is 0.407 e. The Kier molecular flexibility index (Phi) is 11.1. The number of alkyl carbamates (subject to hydrolysis) is 2. The van der Waals surface area contributed by atoms with E-state index in [1.165, 1.54) is 6.92 Å². The van der Waals surface area contributed by atoms with Gasteiger partial charge in [-0.3, -0.25) is 4.79 Å². The number of hydrogen-bond acceptors (Lipinski definition) is 6. The van der Waals surface area contributed by atoms with E-state index in [2.05, 4.69) is 16.0 Å². The van der Waals surface area contributed by atoms with Gasteiger partial charge in [0, 0.05) is 18.9 Å². The fraction of sp³-hybridized carbons (Fsp3) is 0.389. The minimum Gasteiger partial charge on any atom is -0.480 e. The quantitative estimate of drug-likeness (QED) is 0.175. The number of unbranched alkanes of at least 4 members (excludes halogenated alkanes) is 1. The highest BCUT2D eigenvalue weighted by Crippen LogP contribution is 2.44. The molecule has 4 N–H and O–H groups in total. The molecule has 4 rings (SSSR count). The number of carboxylic acids is 1. The number of carbonyl (C=O) groups is 4. The Balaban J connectivity index is 1.42. The van der Waals surface area contributed by atoms with Crippen LogP contribution in [0.15, 0.2) is 78.9 Å². The third-order valence-corrected chi connectivity index (χ3v) is 7.81. The Hall–Kier alpha value is -4.86. The van der Waals surface area contributed by atoms with Gasteiger partial charge in [-0.1, -0.05) is 78.9 Å². The van der Waals surface area contributed by atoms with Crippen molar-refractivity contribution in [3.05, 3.63) is 95.6 Å². The number of rotatable bonds is 13. The van der Waals surface area contributed by atoms with Crippen LogP contribution in [0.25, 0.3) is 11.1 Å². The van der Waals surface area contributed by atoms with Crippen molar-refractivity contribution < 1.29 is 33.8 Å². The topological polar surface area (TPSA) is 143 Å². The van der Waals surface area contributed by atoms with Crippen molar-refractivity contribution in [1.82, 2.24) is 16.0 Å². The molecule has 0 radical (unpaired) electrons. The second kappa shape index (κ2) is 14.9. The summed E-state index contributed by atoms with van der Waals surface area (Å²) in [4.78, 5) is 51.0. The number of ether oxygens (including phenoxy) is 2. The van der Waals surface area contributed by atoms with Crippen LogP contribution in [-0.2, 0) is 25.5 Å². The first-order chi connectivity index (χ1) is 21.9. The molecular weight excluding hydrogens is 586 g/mol. The van der Waals surface area contributed by atoms with E-state index in [9.17, 15) is 24.3 Å². The van der Waals surface area contributed by atoms with Crippen molar-refractivity contribution >= 4 is 24.1 Å². The van der Waals surface area contributed by atoms with E-state index in [4.69, 9.17) is 9.47 Å². The molecule has 0 saturated heterocycles. The van der Waals surface area contributed by atoms with Gasteiger partial charge >= 0.3 is 18.2 Å².